The Kier molecular flexibility index (Phi) is 14.0. The Labute approximate surface area is 373 Å². The summed E-state index contributed by atoms with van der Waals surface area (Å²) in [7, 11) is 4.58. The number of aliphatic hydroxyl groups is 2. The fraction of sp³-hybridized carbons (Fsp3) is 0.490. The number of nitrogens with zero attached hydrogens (tertiary/aromatic N) is 2. The largest absolute Gasteiger partial charge is 0.497 e. The zero-order chi connectivity index (χ0) is 44.8. The van der Waals surface area contributed by atoms with Crippen molar-refractivity contribution in [3.8, 4) is 34.5 Å². The molecule has 342 valence electrons. The predicted octanol–water partition coefficient (Wildman–Crippen LogP) is 7.75. The SMILES string of the molecule is C=CCOC12Oc3ccc(OC(=O)Nc4ccc(OC)cc4OC)cc3C3C(CCCCO)C(CCCCO)C=C(C(=NOC)CC1N(Cc1ccc4c(c1)OCO4)C(=O)C1CC1)C32. The molecule has 64 heavy (non-hydrogen) atoms. The van der Waals surface area contributed by atoms with Crippen LogP contribution in [0.1, 0.15) is 74.8 Å². The average molecular weight is 882 g/mol. The van der Waals surface area contributed by atoms with Crippen LogP contribution in [0.5, 0.6) is 34.5 Å². The highest BCUT2D eigenvalue weighted by atomic mass is 16.7. The second kappa shape index (κ2) is 20.0. The highest BCUT2D eigenvalue weighted by Gasteiger charge is 2.66. The van der Waals surface area contributed by atoms with Gasteiger partial charge in [-0.25, -0.2) is 4.79 Å². The van der Waals surface area contributed by atoms with Crippen LogP contribution in [0.15, 0.2) is 84.1 Å². The first kappa shape index (κ1) is 44.8. The third kappa shape index (κ3) is 9.11. The molecule has 2 aliphatic heterocycles. The van der Waals surface area contributed by atoms with Gasteiger partial charge in [-0.3, -0.25) is 10.1 Å². The van der Waals surface area contributed by atoms with E-state index in [9.17, 15) is 19.8 Å². The van der Waals surface area contributed by atoms with Crippen molar-refractivity contribution in [3.63, 3.8) is 0 Å². The number of nitrogens with one attached hydrogen (secondary N) is 1. The van der Waals surface area contributed by atoms with Gasteiger partial charge in [0.15, 0.2) is 11.5 Å². The smallest absolute Gasteiger partial charge is 0.417 e. The van der Waals surface area contributed by atoms with Crippen LogP contribution in [0.3, 0.4) is 0 Å². The summed E-state index contributed by atoms with van der Waals surface area (Å²) in [5, 5.41) is 27.4. The number of methoxy groups -OCH3 is 2. The van der Waals surface area contributed by atoms with Crippen LogP contribution in [0.25, 0.3) is 0 Å². The molecule has 3 aliphatic carbocycles. The second-order valence-electron chi connectivity index (χ2n) is 17.0. The lowest BCUT2D eigenvalue weighted by molar-refractivity contribution is -0.258. The number of fused-ring (bicyclic) bond motifs is 3. The summed E-state index contributed by atoms with van der Waals surface area (Å²) in [6, 6.07) is 15.5. The van der Waals surface area contributed by atoms with Gasteiger partial charge in [0, 0.05) is 49.6 Å². The first-order valence-corrected chi connectivity index (χ1v) is 22.3. The van der Waals surface area contributed by atoms with Crippen molar-refractivity contribution in [1.82, 2.24) is 4.90 Å². The summed E-state index contributed by atoms with van der Waals surface area (Å²) in [5.74, 6) is 0.641. The molecule has 3 aromatic rings. The minimum Gasteiger partial charge on any atom is -0.497 e. The van der Waals surface area contributed by atoms with Crippen molar-refractivity contribution in [2.45, 2.75) is 82.1 Å². The van der Waals surface area contributed by atoms with Crippen LogP contribution < -0.4 is 33.7 Å². The number of ether oxygens (including phenoxy) is 7. The summed E-state index contributed by atoms with van der Waals surface area (Å²) < 4.78 is 42.7. The Morgan fingerprint density at radius 2 is 1.69 bits per heavy atom. The molecule has 0 radical (unpaired) electrons. The van der Waals surface area contributed by atoms with Gasteiger partial charge < -0.3 is 53.1 Å². The molecule has 15 heteroatoms. The molecule has 2 heterocycles. The van der Waals surface area contributed by atoms with E-state index in [4.69, 9.17) is 43.2 Å². The highest BCUT2D eigenvalue weighted by Crippen LogP contribution is 2.62. The van der Waals surface area contributed by atoms with Gasteiger partial charge in [-0.15, -0.1) is 6.58 Å². The van der Waals surface area contributed by atoms with E-state index in [1.54, 1.807) is 37.5 Å². The molecule has 15 nitrogen and oxygen atoms in total. The Balaban J connectivity index is 1.26. The lowest BCUT2D eigenvalue weighted by Gasteiger charge is -2.60. The van der Waals surface area contributed by atoms with Gasteiger partial charge >= 0.3 is 6.09 Å². The fourth-order valence-electron chi connectivity index (χ4n) is 10.1. The second-order valence-corrected chi connectivity index (χ2v) is 17.0. The molecule has 0 saturated heterocycles. The molecule has 3 aromatic carbocycles. The van der Waals surface area contributed by atoms with Crippen molar-refractivity contribution < 1.29 is 57.8 Å². The summed E-state index contributed by atoms with van der Waals surface area (Å²) in [6.07, 6.45) is 9.44. The van der Waals surface area contributed by atoms with Crippen molar-refractivity contribution >= 4 is 23.4 Å². The molecule has 6 unspecified atom stereocenters. The molecule has 2 saturated carbocycles. The maximum absolute atomic E-state index is 14.8. The van der Waals surface area contributed by atoms with Crippen molar-refractivity contribution in [2.24, 2.45) is 28.8 Å². The number of hydrogen-bond donors (Lipinski definition) is 3. The van der Waals surface area contributed by atoms with Crippen LogP contribution in [-0.2, 0) is 20.9 Å². The van der Waals surface area contributed by atoms with Gasteiger partial charge in [0.05, 0.1) is 38.1 Å². The number of benzene rings is 3. The van der Waals surface area contributed by atoms with E-state index in [2.05, 4.69) is 18.0 Å². The molecule has 0 aromatic heterocycles. The number of anilines is 1. The van der Waals surface area contributed by atoms with Crippen LogP contribution in [0, 0.1) is 23.7 Å². The van der Waals surface area contributed by atoms with Crippen LogP contribution >= 0.6 is 0 Å². The minimum absolute atomic E-state index is 0.000163. The normalized spacial score (nSPS) is 24.4. The number of oxime groups is 1. The topological polar surface area (TPSA) is 176 Å². The van der Waals surface area contributed by atoms with Gasteiger partial charge in [-0.1, -0.05) is 36.2 Å². The standard InChI is InChI=1S/C49H59N3O12/c1-5-22-62-49-44(52(47(55)31-13-14-31)28-30-12-18-41-43(23-30)61-29-60-41)27-39(51-59-4)36-24-32(10-6-8-20-53)35(11-7-9-21-54)45(46(36)49)37-25-34(16-19-40(37)64-49)63-48(56)50-38-17-15-33(57-2)26-42(38)58-3/h5,12,15-19,23-26,31-32,35,44-46,53-54H,1,6-11,13-14,20-22,27-29H2,2-4H3,(H,50,56). The number of rotatable bonds is 20. The summed E-state index contributed by atoms with van der Waals surface area (Å²) in [6.45, 7) is 4.67. The first-order valence-electron chi connectivity index (χ1n) is 22.3. The highest BCUT2D eigenvalue weighted by molar-refractivity contribution is 6.03. The Morgan fingerprint density at radius 3 is 2.42 bits per heavy atom. The quantitative estimate of drug-likeness (QED) is 0.0573. The Morgan fingerprint density at radius 1 is 0.922 bits per heavy atom. The fourth-order valence-corrected chi connectivity index (χ4v) is 10.1. The molecule has 5 aliphatic rings. The molecule has 6 atom stereocenters. The first-order chi connectivity index (χ1) is 31.2. The zero-order valence-electron chi connectivity index (χ0n) is 36.8. The number of carbonyl (C=O) groups is 2. The predicted molar refractivity (Wildman–Crippen MR) is 237 cm³/mol. The number of aliphatic hydroxyl groups excluding tert-OH is 2. The van der Waals surface area contributed by atoms with E-state index in [1.807, 2.05) is 35.2 Å². The van der Waals surface area contributed by atoms with Gasteiger partial charge in [-0.05, 0) is 104 Å². The number of amides is 2. The molecule has 2 amide bonds. The van der Waals surface area contributed by atoms with Gasteiger partial charge in [-0.2, -0.15) is 0 Å². The van der Waals surface area contributed by atoms with Crippen molar-refractivity contribution in [1.29, 1.82) is 0 Å². The molecule has 0 bridgehead atoms. The summed E-state index contributed by atoms with van der Waals surface area (Å²) >= 11 is 0. The number of unbranched alkanes of at least 4 members (excludes halogenated alkanes) is 2. The molecule has 0 spiro atoms. The van der Waals surface area contributed by atoms with Gasteiger partial charge in [0.2, 0.25) is 18.5 Å². The van der Waals surface area contributed by atoms with Crippen LogP contribution in [-0.4, -0.2) is 92.6 Å². The van der Waals surface area contributed by atoms with Crippen molar-refractivity contribution in [3.05, 3.63) is 90.0 Å². The molecular formula is C49H59N3O12. The zero-order valence-corrected chi connectivity index (χ0v) is 36.8. The third-order valence-corrected chi connectivity index (χ3v) is 13.1. The molecule has 2 fully saturated rings. The van der Waals surface area contributed by atoms with Gasteiger partial charge in [0.25, 0.3) is 0 Å². The van der Waals surface area contributed by atoms with Crippen LogP contribution in [0.2, 0.25) is 0 Å². The Bertz CT molecular complexity index is 2240. The molecule has 8 rings (SSSR count). The number of carbonyl (C=O) groups excluding carboxylic acids is 2. The number of allylic oxidation sites excluding steroid dienone is 1. The average Bonchev–Trinajstić information content (AvgIpc) is 4.06. The maximum atomic E-state index is 14.8. The lowest BCUT2D eigenvalue weighted by Crippen LogP contribution is -2.70. The maximum Gasteiger partial charge on any atom is 0.417 e. The lowest BCUT2D eigenvalue weighted by atomic mass is 9.55. The van der Waals surface area contributed by atoms with E-state index in [1.165, 1.54) is 14.2 Å². The van der Waals surface area contributed by atoms with Gasteiger partial charge in [0.1, 0.15) is 36.1 Å². The van der Waals surface area contributed by atoms with Crippen molar-refractivity contribution in [2.75, 3.05) is 53.3 Å². The number of hydrogen-bond acceptors (Lipinski definition) is 13. The molecular weight excluding hydrogens is 823 g/mol. The van der Waals surface area contributed by atoms with Crippen LogP contribution in [0.4, 0.5) is 10.5 Å². The summed E-state index contributed by atoms with van der Waals surface area (Å²) in [4.78, 5) is 35.9. The Hall–Kier alpha value is -5.77. The minimum atomic E-state index is -1.44. The van der Waals surface area contributed by atoms with E-state index < -0.39 is 23.8 Å². The monoisotopic (exact) mass is 881 g/mol. The van der Waals surface area contributed by atoms with E-state index in [0.29, 0.717) is 58.7 Å². The molecule has 3 N–H and O–H groups in total. The van der Waals surface area contributed by atoms with E-state index in [-0.39, 0.29) is 69.2 Å². The third-order valence-electron chi connectivity index (χ3n) is 13.1. The van der Waals surface area contributed by atoms with E-state index >= 15 is 0 Å². The summed E-state index contributed by atoms with van der Waals surface area (Å²) in [5.41, 5.74) is 3.67. The van der Waals surface area contributed by atoms with E-state index in [0.717, 1.165) is 55.2 Å².